The first kappa shape index (κ1) is 14.2. The number of hydrogen-bond donors (Lipinski definition) is 1. The van der Waals surface area contributed by atoms with Gasteiger partial charge in [0.1, 0.15) is 6.61 Å². The molecule has 1 N–H and O–H groups in total. The predicted octanol–water partition coefficient (Wildman–Crippen LogP) is 2.11. The minimum atomic E-state index is -4.57. The average Bonchev–Trinajstić information content (AvgIpc) is 2.71. The van der Waals surface area contributed by atoms with Crippen molar-refractivity contribution in [3.63, 3.8) is 0 Å². The summed E-state index contributed by atoms with van der Waals surface area (Å²) < 4.78 is 43.0. The predicted molar refractivity (Wildman–Crippen MR) is 59.8 cm³/mol. The molecule has 1 heterocycles. The fraction of sp³-hybridized carbons (Fsp3) is 0.333. The molecule has 0 radical (unpaired) electrons. The highest BCUT2D eigenvalue weighted by atomic mass is 19.4. The van der Waals surface area contributed by atoms with E-state index in [1.54, 1.807) is 0 Å². The maximum atomic E-state index is 12.8. The Hall–Kier alpha value is -2.25. The Morgan fingerprint density at radius 3 is 2.65 bits per heavy atom. The van der Waals surface area contributed by atoms with E-state index in [0.717, 1.165) is 11.0 Å². The fourth-order valence-corrected chi connectivity index (χ4v) is 1.95. The first-order valence-electron chi connectivity index (χ1n) is 5.62. The van der Waals surface area contributed by atoms with Gasteiger partial charge in [-0.1, -0.05) is 18.2 Å². The van der Waals surface area contributed by atoms with E-state index < -0.39 is 36.4 Å². The van der Waals surface area contributed by atoms with Crippen LogP contribution in [0.2, 0.25) is 0 Å². The highest BCUT2D eigenvalue weighted by molar-refractivity contribution is 5.82. The third-order valence-corrected chi connectivity index (χ3v) is 2.92. The number of nitrogens with zero attached hydrogens (tertiary/aromatic N) is 1. The van der Waals surface area contributed by atoms with Crippen molar-refractivity contribution in [1.29, 1.82) is 0 Å². The molecule has 108 valence electrons. The third kappa shape index (κ3) is 2.68. The minimum Gasteiger partial charge on any atom is -0.480 e. The van der Waals surface area contributed by atoms with Crippen molar-refractivity contribution < 1.29 is 32.6 Å². The maximum absolute atomic E-state index is 12.8. The van der Waals surface area contributed by atoms with Crippen LogP contribution in [-0.2, 0) is 22.3 Å². The largest absolute Gasteiger partial charge is 0.480 e. The van der Waals surface area contributed by atoms with Gasteiger partial charge >= 0.3 is 18.2 Å². The number of ether oxygens (including phenoxy) is 1. The third-order valence-electron chi connectivity index (χ3n) is 2.92. The molecule has 0 bridgehead atoms. The van der Waals surface area contributed by atoms with Gasteiger partial charge in [0, 0.05) is 0 Å². The number of carbonyl (C=O) groups excluding carboxylic acids is 1. The number of amides is 1. The SMILES string of the molecule is O=C(O)C1COC(=O)N1Cc1ccccc1C(F)(F)F. The summed E-state index contributed by atoms with van der Waals surface area (Å²) in [5.74, 6) is -1.32. The Labute approximate surface area is 111 Å². The first-order valence-corrected chi connectivity index (χ1v) is 5.62. The Bertz CT molecular complexity index is 544. The van der Waals surface area contributed by atoms with Crippen LogP contribution in [0.25, 0.3) is 0 Å². The van der Waals surface area contributed by atoms with Gasteiger partial charge in [-0.2, -0.15) is 13.2 Å². The minimum absolute atomic E-state index is 0.176. The van der Waals surface area contributed by atoms with Crippen molar-refractivity contribution in [2.75, 3.05) is 6.61 Å². The van der Waals surface area contributed by atoms with Crippen LogP contribution in [0.4, 0.5) is 18.0 Å². The number of cyclic esters (lactones) is 1. The van der Waals surface area contributed by atoms with Gasteiger partial charge < -0.3 is 9.84 Å². The molecule has 8 heteroatoms. The van der Waals surface area contributed by atoms with Crippen LogP contribution in [0.1, 0.15) is 11.1 Å². The second kappa shape index (κ2) is 5.03. The van der Waals surface area contributed by atoms with E-state index in [1.165, 1.54) is 18.2 Å². The van der Waals surface area contributed by atoms with Crippen LogP contribution in [0, 0.1) is 0 Å². The van der Waals surface area contributed by atoms with Crippen LogP contribution in [0.15, 0.2) is 24.3 Å². The van der Waals surface area contributed by atoms with Crippen LogP contribution in [0.5, 0.6) is 0 Å². The van der Waals surface area contributed by atoms with Crippen LogP contribution >= 0.6 is 0 Å². The van der Waals surface area contributed by atoms with Crippen molar-refractivity contribution >= 4 is 12.1 Å². The number of alkyl halides is 3. The number of carbonyl (C=O) groups is 2. The lowest BCUT2D eigenvalue weighted by Gasteiger charge is -2.20. The van der Waals surface area contributed by atoms with Crippen LogP contribution in [-0.4, -0.2) is 34.7 Å². The quantitative estimate of drug-likeness (QED) is 0.925. The van der Waals surface area contributed by atoms with E-state index in [0.29, 0.717) is 0 Å². The molecule has 1 amide bonds. The van der Waals surface area contributed by atoms with Gasteiger partial charge in [0.25, 0.3) is 0 Å². The summed E-state index contributed by atoms with van der Waals surface area (Å²) in [5.41, 5.74) is -1.08. The zero-order chi connectivity index (χ0) is 14.9. The summed E-state index contributed by atoms with van der Waals surface area (Å²) in [7, 11) is 0. The molecular formula is C12H10F3NO4. The number of rotatable bonds is 3. The molecule has 1 aromatic carbocycles. The zero-order valence-electron chi connectivity index (χ0n) is 10.1. The van der Waals surface area contributed by atoms with Gasteiger partial charge in [-0.15, -0.1) is 0 Å². The molecule has 5 nitrogen and oxygen atoms in total. The Balaban J connectivity index is 2.30. The summed E-state index contributed by atoms with van der Waals surface area (Å²) in [4.78, 5) is 23.1. The molecule has 1 unspecified atom stereocenters. The number of carboxylic acid groups (broad SMARTS) is 1. The average molecular weight is 289 g/mol. The standard InChI is InChI=1S/C12H10F3NO4/c13-12(14,15)8-4-2-1-3-7(8)5-16-9(10(17)18)6-20-11(16)19/h1-4,9H,5-6H2,(H,17,18). The Morgan fingerprint density at radius 2 is 2.05 bits per heavy atom. The molecule has 0 spiro atoms. The van der Waals surface area contributed by atoms with Crippen molar-refractivity contribution in [3.05, 3.63) is 35.4 Å². The van der Waals surface area contributed by atoms with Gasteiger partial charge in [-0.05, 0) is 11.6 Å². The van der Waals surface area contributed by atoms with E-state index in [4.69, 9.17) is 5.11 Å². The van der Waals surface area contributed by atoms with Crippen molar-refractivity contribution in [2.45, 2.75) is 18.8 Å². The number of benzene rings is 1. The van der Waals surface area contributed by atoms with Gasteiger partial charge in [0.15, 0.2) is 6.04 Å². The molecule has 1 fully saturated rings. The summed E-state index contributed by atoms with van der Waals surface area (Å²) >= 11 is 0. The van der Waals surface area contributed by atoms with Crippen molar-refractivity contribution in [2.24, 2.45) is 0 Å². The fourth-order valence-electron chi connectivity index (χ4n) is 1.95. The number of hydrogen-bond acceptors (Lipinski definition) is 3. The topological polar surface area (TPSA) is 66.8 Å². The van der Waals surface area contributed by atoms with Gasteiger partial charge in [0.05, 0.1) is 12.1 Å². The van der Waals surface area contributed by atoms with Gasteiger partial charge in [-0.25, -0.2) is 9.59 Å². The van der Waals surface area contributed by atoms with Gasteiger partial charge in [0.2, 0.25) is 0 Å². The second-order valence-electron chi connectivity index (χ2n) is 4.21. The smallest absolute Gasteiger partial charge is 0.416 e. The normalized spacial score (nSPS) is 19.1. The Kier molecular flexibility index (Phi) is 3.56. The number of halogens is 3. The highest BCUT2D eigenvalue weighted by Crippen LogP contribution is 2.33. The van der Waals surface area contributed by atoms with Gasteiger partial charge in [-0.3, -0.25) is 4.90 Å². The molecule has 1 atom stereocenters. The first-order chi connectivity index (χ1) is 9.30. The molecule has 1 aliphatic heterocycles. The summed E-state index contributed by atoms with van der Waals surface area (Å²) in [6, 6.07) is 3.43. The molecule has 2 rings (SSSR count). The molecular weight excluding hydrogens is 279 g/mol. The molecule has 1 aromatic rings. The highest BCUT2D eigenvalue weighted by Gasteiger charge is 2.40. The lowest BCUT2D eigenvalue weighted by Crippen LogP contribution is -2.39. The molecule has 20 heavy (non-hydrogen) atoms. The lowest BCUT2D eigenvalue weighted by atomic mass is 10.1. The summed E-state index contributed by atoms with van der Waals surface area (Å²) in [6.45, 7) is -0.839. The molecule has 1 aliphatic rings. The monoisotopic (exact) mass is 289 g/mol. The number of aliphatic carboxylic acids is 1. The van der Waals surface area contributed by atoms with E-state index in [9.17, 15) is 22.8 Å². The molecule has 0 aromatic heterocycles. The van der Waals surface area contributed by atoms with Crippen LogP contribution < -0.4 is 0 Å². The number of carboxylic acids is 1. The lowest BCUT2D eigenvalue weighted by molar-refractivity contribution is -0.141. The zero-order valence-corrected chi connectivity index (χ0v) is 10.1. The summed E-state index contributed by atoms with van der Waals surface area (Å²) in [5, 5.41) is 8.91. The van der Waals surface area contributed by atoms with Crippen molar-refractivity contribution in [1.82, 2.24) is 4.90 Å². The molecule has 0 aliphatic carbocycles. The molecule has 1 saturated heterocycles. The van der Waals surface area contributed by atoms with E-state index in [1.807, 2.05) is 0 Å². The summed E-state index contributed by atoms with van der Waals surface area (Å²) in [6.07, 6.45) is -5.51. The molecule has 0 saturated carbocycles. The van der Waals surface area contributed by atoms with Crippen LogP contribution in [0.3, 0.4) is 0 Å². The second-order valence-corrected chi connectivity index (χ2v) is 4.21. The van der Waals surface area contributed by atoms with E-state index in [2.05, 4.69) is 4.74 Å². The van der Waals surface area contributed by atoms with Crippen molar-refractivity contribution in [3.8, 4) is 0 Å². The van der Waals surface area contributed by atoms with E-state index >= 15 is 0 Å². The van der Waals surface area contributed by atoms with E-state index in [-0.39, 0.29) is 12.2 Å². The Morgan fingerprint density at radius 1 is 1.40 bits per heavy atom. The maximum Gasteiger partial charge on any atom is 0.416 e.